The molecule has 0 bridgehead atoms. The molecule has 0 heterocycles. The third-order valence-electron chi connectivity index (χ3n) is 2.06. The number of aryl methyl sites for hydroxylation is 1. The Hall–Kier alpha value is -2.37. The highest BCUT2D eigenvalue weighted by molar-refractivity contribution is 6.61. The van der Waals surface area contributed by atoms with Crippen LogP contribution in [0.2, 0.25) is 0 Å². The zero-order valence-corrected chi connectivity index (χ0v) is 9.17. The minimum Gasteiger partial charge on any atom is -0.476 e. The summed E-state index contributed by atoms with van der Waals surface area (Å²) in [5, 5.41) is 20.4. The second-order valence-electron chi connectivity index (χ2n) is 3.23. The van der Waals surface area contributed by atoms with Crippen LogP contribution in [0.25, 0.3) is 0 Å². The van der Waals surface area contributed by atoms with Gasteiger partial charge in [0.05, 0.1) is 5.69 Å². The molecule has 6 heteroatoms. The molecule has 1 aromatic carbocycles. The fourth-order valence-corrected chi connectivity index (χ4v) is 1.12. The van der Waals surface area contributed by atoms with Gasteiger partial charge in [0.1, 0.15) is 0 Å². The normalized spacial score (nSPS) is 9.47. The van der Waals surface area contributed by atoms with E-state index in [1.54, 1.807) is 12.1 Å². The van der Waals surface area contributed by atoms with Crippen molar-refractivity contribution in [2.45, 2.75) is 13.3 Å². The summed E-state index contributed by atoms with van der Waals surface area (Å²) in [6, 6.07) is 7.09. The smallest absolute Gasteiger partial charge is 0.364 e. The Bertz CT molecular complexity index is 435. The van der Waals surface area contributed by atoms with Crippen molar-refractivity contribution in [1.82, 2.24) is 0 Å². The van der Waals surface area contributed by atoms with Crippen LogP contribution in [0, 0.1) is 0 Å². The number of carboxylic acid groups (broad SMARTS) is 2. The maximum Gasteiger partial charge on any atom is 0.364 e. The molecule has 0 radical (unpaired) electrons. The molecule has 0 aliphatic carbocycles. The summed E-state index contributed by atoms with van der Waals surface area (Å²) in [5.74, 6) is -3.18. The number of rotatable bonds is 5. The maximum atomic E-state index is 10.5. The average Bonchev–Trinajstić information content (AvgIpc) is 2.29. The van der Waals surface area contributed by atoms with Gasteiger partial charge in [-0.05, 0) is 24.1 Å². The molecular formula is C11H12N2O4. The lowest BCUT2D eigenvalue weighted by Gasteiger charge is -2.02. The zero-order valence-electron chi connectivity index (χ0n) is 9.17. The summed E-state index contributed by atoms with van der Waals surface area (Å²) in [6.07, 6.45) is 0.888. The Balaban J connectivity index is 2.80. The van der Waals surface area contributed by atoms with E-state index in [0.29, 0.717) is 5.69 Å². The lowest BCUT2D eigenvalue weighted by atomic mass is 10.2. The first-order valence-corrected chi connectivity index (χ1v) is 4.93. The monoisotopic (exact) mass is 236 g/mol. The molecular weight excluding hydrogens is 224 g/mol. The fourth-order valence-electron chi connectivity index (χ4n) is 1.12. The summed E-state index contributed by atoms with van der Waals surface area (Å²) >= 11 is 0. The molecule has 0 aliphatic rings. The van der Waals surface area contributed by atoms with Crippen molar-refractivity contribution in [3.63, 3.8) is 0 Å². The number of benzene rings is 1. The molecule has 0 aromatic heterocycles. The van der Waals surface area contributed by atoms with Crippen LogP contribution in [0.1, 0.15) is 12.5 Å². The van der Waals surface area contributed by atoms with Crippen molar-refractivity contribution in [2.75, 3.05) is 5.43 Å². The molecule has 6 nitrogen and oxygen atoms in total. The number of anilines is 1. The standard InChI is InChI=1S/C11H12N2O4/c1-2-7-3-5-8(6-4-7)12-13-9(10(14)15)11(16)17/h3-6,12H,2H2,1H3,(H,14,15)(H,16,17). The van der Waals surface area contributed by atoms with Crippen molar-refractivity contribution in [1.29, 1.82) is 0 Å². The number of hydrogen-bond donors (Lipinski definition) is 3. The number of aliphatic carboxylic acids is 2. The highest BCUT2D eigenvalue weighted by Crippen LogP contribution is 2.09. The van der Waals surface area contributed by atoms with Crippen LogP contribution in [0.3, 0.4) is 0 Å². The summed E-state index contributed by atoms with van der Waals surface area (Å²) in [5.41, 5.74) is 3.08. The Morgan fingerprint density at radius 2 is 1.71 bits per heavy atom. The third kappa shape index (κ3) is 3.60. The number of nitrogens with one attached hydrogen (secondary N) is 1. The largest absolute Gasteiger partial charge is 0.476 e. The Kier molecular flexibility index (Phi) is 4.21. The second kappa shape index (κ2) is 5.64. The maximum absolute atomic E-state index is 10.5. The van der Waals surface area contributed by atoms with Crippen molar-refractivity contribution >= 4 is 23.3 Å². The van der Waals surface area contributed by atoms with Gasteiger partial charge in [0.25, 0.3) is 5.71 Å². The van der Waals surface area contributed by atoms with Gasteiger partial charge in [0.2, 0.25) is 0 Å². The van der Waals surface area contributed by atoms with E-state index >= 15 is 0 Å². The Morgan fingerprint density at radius 1 is 1.18 bits per heavy atom. The SMILES string of the molecule is CCc1ccc(NN=C(C(=O)O)C(=O)O)cc1. The summed E-state index contributed by atoms with van der Waals surface area (Å²) in [6.45, 7) is 2.01. The molecule has 0 amide bonds. The lowest BCUT2D eigenvalue weighted by molar-refractivity contribution is -0.134. The minimum atomic E-state index is -1.59. The van der Waals surface area contributed by atoms with E-state index in [2.05, 4.69) is 10.5 Å². The van der Waals surface area contributed by atoms with Crippen LogP contribution in [0.4, 0.5) is 5.69 Å². The van der Waals surface area contributed by atoms with Crippen molar-refractivity contribution in [2.24, 2.45) is 5.10 Å². The molecule has 90 valence electrons. The van der Waals surface area contributed by atoms with Crippen LogP contribution in [-0.4, -0.2) is 27.9 Å². The fraction of sp³-hybridized carbons (Fsp3) is 0.182. The molecule has 0 saturated carbocycles. The molecule has 17 heavy (non-hydrogen) atoms. The predicted octanol–water partition coefficient (Wildman–Crippen LogP) is 1.19. The van der Waals surface area contributed by atoms with Gasteiger partial charge in [-0.15, -0.1) is 0 Å². The van der Waals surface area contributed by atoms with Gasteiger partial charge in [-0.2, -0.15) is 5.10 Å². The van der Waals surface area contributed by atoms with E-state index in [-0.39, 0.29) is 0 Å². The first-order valence-electron chi connectivity index (χ1n) is 4.93. The van der Waals surface area contributed by atoms with Gasteiger partial charge in [-0.1, -0.05) is 19.1 Å². The number of hydrogen-bond acceptors (Lipinski definition) is 4. The summed E-state index contributed by atoms with van der Waals surface area (Å²) in [4.78, 5) is 21.0. The zero-order chi connectivity index (χ0) is 12.8. The quantitative estimate of drug-likeness (QED) is 0.405. The van der Waals surface area contributed by atoms with E-state index in [4.69, 9.17) is 10.2 Å². The molecule has 0 atom stereocenters. The van der Waals surface area contributed by atoms with Crippen LogP contribution >= 0.6 is 0 Å². The number of carboxylic acids is 2. The van der Waals surface area contributed by atoms with E-state index in [1.165, 1.54) is 0 Å². The van der Waals surface area contributed by atoms with Gasteiger partial charge in [-0.3, -0.25) is 5.43 Å². The van der Waals surface area contributed by atoms with Crippen molar-refractivity contribution in [3.05, 3.63) is 29.8 Å². The van der Waals surface area contributed by atoms with Crippen LogP contribution in [-0.2, 0) is 16.0 Å². The average molecular weight is 236 g/mol. The minimum absolute atomic E-state index is 0.530. The molecule has 0 aliphatic heterocycles. The van der Waals surface area contributed by atoms with Crippen LogP contribution < -0.4 is 5.43 Å². The predicted molar refractivity (Wildman–Crippen MR) is 62.1 cm³/mol. The van der Waals surface area contributed by atoms with Gasteiger partial charge in [0, 0.05) is 0 Å². The second-order valence-corrected chi connectivity index (χ2v) is 3.23. The lowest BCUT2D eigenvalue weighted by Crippen LogP contribution is -2.24. The first-order chi connectivity index (χ1) is 8.04. The van der Waals surface area contributed by atoms with Gasteiger partial charge < -0.3 is 10.2 Å². The molecule has 0 unspecified atom stereocenters. The molecule has 0 spiro atoms. The molecule has 3 N–H and O–H groups in total. The molecule has 1 rings (SSSR count). The topological polar surface area (TPSA) is 99.0 Å². The Morgan fingerprint density at radius 3 is 2.12 bits per heavy atom. The van der Waals surface area contributed by atoms with E-state index in [9.17, 15) is 9.59 Å². The van der Waals surface area contributed by atoms with Crippen molar-refractivity contribution in [3.8, 4) is 0 Å². The Labute approximate surface area is 97.6 Å². The van der Waals surface area contributed by atoms with E-state index in [1.807, 2.05) is 19.1 Å². The number of hydrazone groups is 1. The van der Waals surface area contributed by atoms with Crippen LogP contribution in [0.5, 0.6) is 0 Å². The van der Waals surface area contributed by atoms with Crippen molar-refractivity contribution < 1.29 is 19.8 Å². The van der Waals surface area contributed by atoms with E-state index in [0.717, 1.165) is 12.0 Å². The first kappa shape index (κ1) is 12.7. The third-order valence-corrected chi connectivity index (χ3v) is 2.06. The van der Waals surface area contributed by atoms with E-state index < -0.39 is 17.7 Å². The molecule has 0 fully saturated rings. The van der Waals surface area contributed by atoms with Gasteiger partial charge >= 0.3 is 11.9 Å². The number of carbonyl (C=O) groups is 2. The number of nitrogens with zero attached hydrogens (tertiary/aromatic N) is 1. The summed E-state index contributed by atoms with van der Waals surface area (Å²) in [7, 11) is 0. The van der Waals surface area contributed by atoms with Gasteiger partial charge in [0.15, 0.2) is 0 Å². The van der Waals surface area contributed by atoms with Gasteiger partial charge in [-0.25, -0.2) is 9.59 Å². The highest BCUT2D eigenvalue weighted by Gasteiger charge is 2.18. The molecule has 0 saturated heterocycles. The summed E-state index contributed by atoms with van der Waals surface area (Å²) < 4.78 is 0. The van der Waals surface area contributed by atoms with Crippen LogP contribution in [0.15, 0.2) is 29.4 Å². The molecule has 1 aromatic rings. The highest BCUT2D eigenvalue weighted by atomic mass is 16.4.